The number of nitrogens with zero attached hydrogens (tertiary/aromatic N) is 1. The van der Waals surface area contributed by atoms with Crippen molar-refractivity contribution < 1.29 is 24.2 Å². The number of oxime groups is 1. The molecule has 0 radical (unpaired) electrons. The van der Waals surface area contributed by atoms with Gasteiger partial charge in [-0.1, -0.05) is 29.4 Å². The highest BCUT2D eigenvalue weighted by Crippen LogP contribution is 2.23. The fourth-order valence-corrected chi connectivity index (χ4v) is 2.03. The van der Waals surface area contributed by atoms with E-state index in [4.69, 9.17) is 9.57 Å². The first kappa shape index (κ1) is 17.3. The second-order valence-electron chi connectivity index (χ2n) is 5.04. The largest absolute Gasteiger partial charge is 0.508 e. The molecule has 126 valence electrons. The molecule has 1 N–H and O–H groups in total. The number of methoxy groups -OCH3 is 1. The van der Waals surface area contributed by atoms with Crippen molar-refractivity contribution in [3.63, 3.8) is 0 Å². The van der Waals surface area contributed by atoms with Crippen LogP contribution in [0.1, 0.15) is 16.7 Å². The molecule has 0 bridgehead atoms. The molecule has 0 heterocycles. The molecule has 0 aliphatic heterocycles. The van der Waals surface area contributed by atoms with Crippen molar-refractivity contribution in [2.45, 2.75) is 20.1 Å². The lowest BCUT2D eigenvalue weighted by atomic mass is 10.1. The summed E-state index contributed by atoms with van der Waals surface area (Å²) in [6, 6.07) is 12.6. The number of rotatable bonds is 7. The van der Waals surface area contributed by atoms with Crippen molar-refractivity contribution in [2.75, 3.05) is 7.11 Å². The number of aryl methyl sites for hydroxylation is 1. The molecule has 0 saturated carbocycles. The van der Waals surface area contributed by atoms with Crippen LogP contribution in [0.2, 0.25) is 0 Å². The van der Waals surface area contributed by atoms with E-state index < -0.39 is 5.97 Å². The molecule has 0 aromatic heterocycles. The van der Waals surface area contributed by atoms with Crippen molar-refractivity contribution in [3.05, 3.63) is 59.2 Å². The average Bonchev–Trinajstić information content (AvgIpc) is 2.58. The van der Waals surface area contributed by atoms with Crippen LogP contribution in [0, 0.1) is 6.92 Å². The third-order valence-electron chi connectivity index (χ3n) is 3.31. The standard InChI is InChI=1S/C18H19NO5/c1-13-9-16(20)7-8-17(13)23-11-14-5-3-4-6-15(14)12-24-19-10-18(21)22-2/h3-10,20H,11-12H2,1-2H3/b19-10+. The van der Waals surface area contributed by atoms with Gasteiger partial charge >= 0.3 is 5.97 Å². The smallest absolute Gasteiger partial charge is 0.352 e. The second kappa shape index (κ2) is 8.57. The third-order valence-corrected chi connectivity index (χ3v) is 3.31. The molecule has 0 amide bonds. The molecule has 0 saturated heterocycles. The quantitative estimate of drug-likeness (QED) is 0.480. The molecule has 0 aliphatic carbocycles. The maximum absolute atomic E-state index is 10.9. The first-order chi connectivity index (χ1) is 11.6. The zero-order valence-electron chi connectivity index (χ0n) is 13.6. The van der Waals surface area contributed by atoms with Gasteiger partial charge in [0.05, 0.1) is 7.11 Å². The number of benzene rings is 2. The molecular formula is C18H19NO5. The van der Waals surface area contributed by atoms with Gasteiger partial charge in [-0.15, -0.1) is 0 Å². The summed E-state index contributed by atoms with van der Waals surface area (Å²) in [7, 11) is 1.27. The summed E-state index contributed by atoms with van der Waals surface area (Å²) in [4.78, 5) is 16.0. The van der Waals surface area contributed by atoms with Crippen LogP contribution in [0.5, 0.6) is 11.5 Å². The fraction of sp³-hybridized carbons (Fsp3) is 0.222. The average molecular weight is 329 g/mol. The predicted molar refractivity (Wildman–Crippen MR) is 88.9 cm³/mol. The number of aromatic hydroxyl groups is 1. The lowest BCUT2D eigenvalue weighted by Gasteiger charge is -2.12. The van der Waals surface area contributed by atoms with Crippen LogP contribution >= 0.6 is 0 Å². The van der Waals surface area contributed by atoms with E-state index in [0.717, 1.165) is 22.9 Å². The van der Waals surface area contributed by atoms with Crippen LogP contribution in [-0.2, 0) is 27.6 Å². The monoisotopic (exact) mass is 329 g/mol. The van der Waals surface area contributed by atoms with E-state index >= 15 is 0 Å². The summed E-state index contributed by atoms with van der Waals surface area (Å²) in [5.41, 5.74) is 2.69. The van der Waals surface area contributed by atoms with E-state index in [0.29, 0.717) is 12.4 Å². The van der Waals surface area contributed by atoms with E-state index in [1.54, 1.807) is 18.2 Å². The SMILES string of the molecule is COC(=O)/C=N/OCc1ccccc1COc1ccc(O)cc1C. The Morgan fingerprint density at radius 3 is 2.54 bits per heavy atom. The van der Waals surface area contributed by atoms with Gasteiger partial charge in [0, 0.05) is 0 Å². The minimum Gasteiger partial charge on any atom is -0.508 e. The van der Waals surface area contributed by atoms with Crippen molar-refractivity contribution in [1.82, 2.24) is 0 Å². The van der Waals surface area contributed by atoms with Crippen LogP contribution in [-0.4, -0.2) is 24.4 Å². The van der Waals surface area contributed by atoms with Crippen LogP contribution < -0.4 is 4.74 Å². The Morgan fingerprint density at radius 1 is 1.17 bits per heavy atom. The van der Waals surface area contributed by atoms with E-state index in [-0.39, 0.29) is 12.4 Å². The summed E-state index contributed by atoms with van der Waals surface area (Å²) in [5, 5.41) is 13.0. The number of hydrogen-bond donors (Lipinski definition) is 1. The lowest BCUT2D eigenvalue weighted by molar-refractivity contribution is -0.132. The molecule has 2 rings (SSSR count). The lowest BCUT2D eigenvalue weighted by Crippen LogP contribution is -2.03. The molecule has 0 spiro atoms. The predicted octanol–water partition coefficient (Wildman–Crippen LogP) is 2.96. The maximum Gasteiger partial charge on any atom is 0.352 e. The van der Waals surface area contributed by atoms with Crippen LogP contribution in [0.3, 0.4) is 0 Å². The number of phenols is 1. The highest BCUT2D eigenvalue weighted by Gasteiger charge is 2.06. The molecule has 6 heteroatoms. The third kappa shape index (κ3) is 5.01. The van der Waals surface area contributed by atoms with Gasteiger partial charge in [-0.2, -0.15) is 0 Å². The summed E-state index contributed by atoms with van der Waals surface area (Å²) in [6.45, 7) is 2.43. The Balaban J connectivity index is 1.98. The molecule has 0 fully saturated rings. The van der Waals surface area contributed by atoms with Crippen LogP contribution in [0.4, 0.5) is 0 Å². The normalized spacial score (nSPS) is 10.6. The van der Waals surface area contributed by atoms with Gasteiger partial charge in [0.1, 0.15) is 24.7 Å². The Morgan fingerprint density at radius 2 is 1.88 bits per heavy atom. The summed E-state index contributed by atoms with van der Waals surface area (Å²) >= 11 is 0. The van der Waals surface area contributed by atoms with Gasteiger partial charge < -0.3 is 19.4 Å². The topological polar surface area (TPSA) is 77.4 Å². The molecule has 0 unspecified atom stereocenters. The van der Waals surface area contributed by atoms with Crippen LogP contribution in [0.15, 0.2) is 47.6 Å². The zero-order chi connectivity index (χ0) is 17.4. The number of carbonyl (C=O) groups is 1. The van der Waals surface area contributed by atoms with Gasteiger partial charge in [-0.05, 0) is 41.8 Å². The van der Waals surface area contributed by atoms with Crippen molar-refractivity contribution >= 4 is 12.2 Å². The first-order valence-corrected chi connectivity index (χ1v) is 7.32. The molecule has 0 aliphatic rings. The minimum absolute atomic E-state index is 0.206. The van der Waals surface area contributed by atoms with Crippen molar-refractivity contribution in [1.29, 1.82) is 0 Å². The highest BCUT2D eigenvalue weighted by atomic mass is 16.6. The molecular weight excluding hydrogens is 310 g/mol. The Kier molecular flexibility index (Phi) is 6.19. The molecule has 2 aromatic rings. The van der Waals surface area contributed by atoms with Crippen molar-refractivity contribution in [3.8, 4) is 11.5 Å². The van der Waals surface area contributed by atoms with E-state index in [9.17, 15) is 9.90 Å². The highest BCUT2D eigenvalue weighted by molar-refractivity contribution is 6.22. The zero-order valence-corrected chi connectivity index (χ0v) is 13.6. The van der Waals surface area contributed by atoms with Crippen molar-refractivity contribution in [2.24, 2.45) is 5.16 Å². The molecule has 0 atom stereocenters. The van der Waals surface area contributed by atoms with E-state index in [1.807, 2.05) is 31.2 Å². The summed E-state index contributed by atoms with van der Waals surface area (Å²) in [5.74, 6) is 0.332. The maximum atomic E-state index is 10.9. The van der Waals surface area contributed by atoms with E-state index in [2.05, 4.69) is 9.89 Å². The van der Waals surface area contributed by atoms with Gasteiger partial charge in [-0.25, -0.2) is 4.79 Å². The fourth-order valence-electron chi connectivity index (χ4n) is 2.03. The minimum atomic E-state index is -0.575. The number of carbonyl (C=O) groups excluding carboxylic acids is 1. The molecule has 6 nitrogen and oxygen atoms in total. The van der Waals surface area contributed by atoms with E-state index in [1.165, 1.54) is 7.11 Å². The molecule has 2 aromatic carbocycles. The molecule has 24 heavy (non-hydrogen) atoms. The summed E-state index contributed by atoms with van der Waals surface area (Å²) in [6.07, 6.45) is 0.971. The Bertz CT molecular complexity index is 727. The summed E-state index contributed by atoms with van der Waals surface area (Å²) < 4.78 is 10.2. The van der Waals surface area contributed by atoms with Gasteiger partial charge in [0.15, 0.2) is 6.21 Å². The number of esters is 1. The number of hydrogen-bond acceptors (Lipinski definition) is 6. The Labute approximate surface area is 140 Å². The number of ether oxygens (including phenoxy) is 2. The first-order valence-electron chi connectivity index (χ1n) is 7.32. The Hall–Kier alpha value is -3.02. The van der Waals surface area contributed by atoms with Gasteiger partial charge in [0.25, 0.3) is 0 Å². The van der Waals surface area contributed by atoms with Gasteiger partial charge in [-0.3, -0.25) is 0 Å². The second-order valence-corrected chi connectivity index (χ2v) is 5.04. The van der Waals surface area contributed by atoms with Gasteiger partial charge in [0.2, 0.25) is 0 Å². The number of phenolic OH excluding ortho intramolecular Hbond substituents is 1. The van der Waals surface area contributed by atoms with Crippen LogP contribution in [0.25, 0.3) is 0 Å².